The lowest BCUT2D eigenvalue weighted by Crippen LogP contribution is -2.37. The van der Waals surface area contributed by atoms with Crippen LogP contribution in [0.4, 0.5) is 5.69 Å². The number of ether oxygens (including phenoxy) is 3. The molecule has 0 heterocycles. The van der Waals surface area contributed by atoms with E-state index in [4.69, 9.17) is 14.2 Å². The van der Waals surface area contributed by atoms with Crippen LogP contribution in [0.15, 0.2) is 48.5 Å². The number of hydrogen-bond donors (Lipinski definition) is 0. The Balaban J connectivity index is 1.98. The molecule has 0 spiro atoms. The predicted octanol–water partition coefficient (Wildman–Crippen LogP) is 5.02. The van der Waals surface area contributed by atoms with Crippen molar-refractivity contribution in [3.63, 3.8) is 0 Å². The predicted molar refractivity (Wildman–Crippen MR) is 130 cm³/mol. The first-order chi connectivity index (χ1) is 15.6. The number of anilines is 1. The Morgan fingerprint density at radius 2 is 1.38 bits per heavy atom. The van der Waals surface area contributed by atoms with Crippen molar-refractivity contribution in [3.8, 4) is 17.2 Å². The number of benzene rings is 2. The zero-order chi connectivity index (χ0) is 23.2. The van der Waals surface area contributed by atoms with E-state index < -0.39 is 0 Å². The van der Waals surface area contributed by atoms with E-state index in [1.165, 1.54) is 0 Å². The number of hydrogen-bond acceptors (Lipinski definition) is 5. The van der Waals surface area contributed by atoms with Gasteiger partial charge in [0.1, 0.15) is 17.2 Å². The van der Waals surface area contributed by atoms with E-state index >= 15 is 0 Å². The summed E-state index contributed by atoms with van der Waals surface area (Å²) < 4.78 is 16.7. The second-order valence-electron chi connectivity index (χ2n) is 7.59. The molecule has 0 aliphatic rings. The summed E-state index contributed by atoms with van der Waals surface area (Å²) in [7, 11) is 1.63. The molecule has 0 N–H and O–H groups in total. The van der Waals surface area contributed by atoms with Crippen molar-refractivity contribution < 1.29 is 19.0 Å². The third-order valence-corrected chi connectivity index (χ3v) is 5.39. The smallest absolute Gasteiger partial charge is 0.264 e. The monoisotopic (exact) mass is 442 g/mol. The maximum absolute atomic E-state index is 13.1. The van der Waals surface area contributed by atoms with Crippen molar-refractivity contribution in [2.45, 2.75) is 40.0 Å². The van der Waals surface area contributed by atoms with Crippen LogP contribution in [-0.2, 0) is 4.79 Å². The van der Waals surface area contributed by atoms with Crippen LogP contribution in [0.3, 0.4) is 0 Å². The van der Waals surface area contributed by atoms with Gasteiger partial charge >= 0.3 is 0 Å². The Kier molecular flexibility index (Phi) is 11.5. The molecule has 32 heavy (non-hydrogen) atoms. The van der Waals surface area contributed by atoms with Gasteiger partial charge in [-0.05, 0) is 81.0 Å². The van der Waals surface area contributed by atoms with Crippen LogP contribution in [0.25, 0.3) is 0 Å². The molecule has 2 aromatic rings. The van der Waals surface area contributed by atoms with Crippen molar-refractivity contribution >= 4 is 11.6 Å². The fourth-order valence-corrected chi connectivity index (χ4v) is 3.34. The molecule has 0 aliphatic carbocycles. The maximum Gasteiger partial charge on any atom is 0.264 e. The SMILES string of the molecule is CCCCOc1ccc(OCC(=O)N(CCCN(CC)CC)c2ccc(OC)cc2)cc1. The van der Waals surface area contributed by atoms with E-state index in [9.17, 15) is 4.79 Å². The van der Waals surface area contributed by atoms with E-state index in [1.807, 2.05) is 48.5 Å². The van der Waals surface area contributed by atoms with Gasteiger partial charge < -0.3 is 24.0 Å². The van der Waals surface area contributed by atoms with E-state index in [1.54, 1.807) is 12.0 Å². The molecule has 0 fully saturated rings. The number of amides is 1. The zero-order valence-corrected chi connectivity index (χ0v) is 20.0. The normalized spacial score (nSPS) is 10.8. The number of carbonyl (C=O) groups excluding carboxylic acids is 1. The quantitative estimate of drug-likeness (QED) is 0.363. The second-order valence-corrected chi connectivity index (χ2v) is 7.59. The molecule has 6 heteroatoms. The van der Waals surface area contributed by atoms with Crippen LogP contribution in [0.5, 0.6) is 17.2 Å². The van der Waals surface area contributed by atoms with Gasteiger partial charge in [-0.25, -0.2) is 0 Å². The van der Waals surface area contributed by atoms with Crippen molar-refractivity contribution in [2.75, 3.05) is 51.4 Å². The van der Waals surface area contributed by atoms with Crippen LogP contribution in [0.1, 0.15) is 40.0 Å². The first-order valence-electron chi connectivity index (χ1n) is 11.6. The standard InChI is InChI=1S/C26H38N2O4/c1-5-8-20-31-24-14-16-25(17-15-24)32-21-26(29)28(19-9-18-27(6-2)7-3)22-10-12-23(30-4)13-11-22/h10-17H,5-9,18-21H2,1-4H3. The van der Waals surface area contributed by atoms with Gasteiger partial charge in [0, 0.05) is 12.2 Å². The minimum Gasteiger partial charge on any atom is -0.497 e. The topological polar surface area (TPSA) is 51.2 Å². The molecule has 0 aliphatic heterocycles. The Bertz CT molecular complexity index is 773. The average Bonchev–Trinajstić information content (AvgIpc) is 2.84. The van der Waals surface area contributed by atoms with Crippen LogP contribution >= 0.6 is 0 Å². The van der Waals surface area contributed by atoms with Crippen LogP contribution in [-0.4, -0.2) is 57.3 Å². The zero-order valence-electron chi connectivity index (χ0n) is 20.0. The third-order valence-electron chi connectivity index (χ3n) is 5.39. The molecule has 2 rings (SSSR count). The highest BCUT2D eigenvalue weighted by Crippen LogP contribution is 2.21. The lowest BCUT2D eigenvalue weighted by Gasteiger charge is -2.25. The largest absolute Gasteiger partial charge is 0.497 e. The fourth-order valence-electron chi connectivity index (χ4n) is 3.34. The molecule has 0 radical (unpaired) electrons. The van der Waals surface area contributed by atoms with Crippen molar-refractivity contribution in [1.82, 2.24) is 4.90 Å². The summed E-state index contributed by atoms with van der Waals surface area (Å²) >= 11 is 0. The minimum absolute atomic E-state index is 0.0205. The Morgan fingerprint density at radius 1 is 0.781 bits per heavy atom. The lowest BCUT2D eigenvalue weighted by atomic mass is 10.2. The molecule has 0 bridgehead atoms. The molecule has 1 amide bonds. The van der Waals surface area contributed by atoms with Gasteiger partial charge in [-0.1, -0.05) is 27.2 Å². The molecule has 0 unspecified atom stereocenters. The molecule has 0 atom stereocenters. The van der Waals surface area contributed by atoms with E-state index in [2.05, 4.69) is 25.7 Å². The van der Waals surface area contributed by atoms with E-state index in [0.29, 0.717) is 18.9 Å². The summed E-state index contributed by atoms with van der Waals surface area (Å²) in [5, 5.41) is 0. The Hall–Kier alpha value is -2.73. The van der Waals surface area contributed by atoms with Gasteiger partial charge in [0.25, 0.3) is 5.91 Å². The van der Waals surface area contributed by atoms with Crippen LogP contribution in [0, 0.1) is 0 Å². The van der Waals surface area contributed by atoms with Crippen molar-refractivity contribution in [2.24, 2.45) is 0 Å². The number of unbranched alkanes of at least 4 members (excludes halogenated alkanes) is 1. The van der Waals surface area contributed by atoms with E-state index in [-0.39, 0.29) is 12.5 Å². The molecule has 0 aromatic heterocycles. The van der Waals surface area contributed by atoms with Crippen LogP contribution in [0.2, 0.25) is 0 Å². The van der Waals surface area contributed by atoms with Gasteiger partial charge in [-0.3, -0.25) is 4.79 Å². The molecular formula is C26H38N2O4. The minimum atomic E-state index is -0.0713. The highest BCUT2D eigenvalue weighted by molar-refractivity contribution is 5.94. The molecule has 0 saturated heterocycles. The summed E-state index contributed by atoms with van der Waals surface area (Å²) in [5.41, 5.74) is 0.846. The number of nitrogens with zero attached hydrogens (tertiary/aromatic N) is 2. The lowest BCUT2D eigenvalue weighted by molar-refractivity contribution is -0.120. The van der Waals surface area contributed by atoms with Crippen molar-refractivity contribution in [1.29, 1.82) is 0 Å². The first-order valence-corrected chi connectivity index (χ1v) is 11.6. The Labute approximate surface area is 193 Å². The summed E-state index contributed by atoms with van der Waals surface area (Å²) in [6.45, 7) is 10.7. The summed E-state index contributed by atoms with van der Waals surface area (Å²) in [5.74, 6) is 2.16. The molecular weight excluding hydrogens is 404 g/mol. The summed E-state index contributed by atoms with van der Waals surface area (Å²) in [6.07, 6.45) is 3.02. The van der Waals surface area contributed by atoms with Crippen LogP contribution < -0.4 is 19.1 Å². The molecule has 176 valence electrons. The van der Waals surface area contributed by atoms with Crippen molar-refractivity contribution in [3.05, 3.63) is 48.5 Å². The summed E-state index contributed by atoms with van der Waals surface area (Å²) in [6, 6.07) is 15.0. The average molecular weight is 443 g/mol. The van der Waals surface area contributed by atoms with E-state index in [0.717, 1.165) is 56.1 Å². The molecule has 6 nitrogen and oxygen atoms in total. The number of methoxy groups -OCH3 is 1. The van der Waals surface area contributed by atoms with Gasteiger partial charge in [0.2, 0.25) is 0 Å². The highest BCUT2D eigenvalue weighted by Gasteiger charge is 2.17. The summed E-state index contributed by atoms with van der Waals surface area (Å²) in [4.78, 5) is 17.2. The van der Waals surface area contributed by atoms with Gasteiger partial charge in [0.05, 0.1) is 13.7 Å². The first kappa shape index (κ1) is 25.5. The molecule has 0 saturated carbocycles. The third kappa shape index (κ3) is 8.42. The van der Waals surface area contributed by atoms with Gasteiger partial charge in [-0.2, -0.15) is 0 Å². The Morgan fingerprint density at radius 3 is 1.94 bits per heavy atom. The molecule has 2 aromatic carbocycles. The number of carbonyl (C=O) groups is 1. The highest BCUT2D eigenvalue weighted by atomic mass is 16.5. The second kappa shape index (κ2) is 14.4. The van der Waals surface area contributed by atoms with Gasteiger partial charge in [-0.15, -0.1) is 0 Å². The van der Waals surface area contributed by atoms with Gasteiger partial charge in [0.15, 0.2) is 6.61 Å². The fraction of sp³-hybridized carbons (Fsp3) is 0.500. The maximum atomic E-state index is 13.1. The number of rotatable bonds is 15.